The van der Waals surface area contributed by atoms with Crippen molar-refractivity contribution in [2.45, 2.75) is 38.8 Å². The predicted molar refractivity (Wildman–Crippen MR) is 67.8 cm³/mol. The second-order valence-electron chi connectivity index (χ2n) is 4.64. The summed E-state index contributed by atoms with van der Waals surface area (Å²) in [7, 11) is 3.54. The minimum absolute atomic E-state index is 0.106. The minimum atomic E-state index is -0.142. The summed E-state index contributed by atoms with van der Waals surface area (Å²) in [5.74, 6) is 1.10. The lowest BCUT2D eigenvalue weighted by Crippen LogP contribution is -2.45. The smallest absolute Gasteiger partial charge is 0.238 e. The molecule has 0 radical (unpaired) electrons. The van der Waals surface area contributed by atoms with Crippen molar-refractivity contribution in [2.75, 3.05) is 14.1 Å². The molecule has 4 nitrogen and oxygen atoms in total. The minimum Gasteiger partial charge on any atom is -0.469 e. The van der Waals surface area contributed by atoms with E-state index >= 15 is 0 Å². The molecule has 0 saturated heterocycles. The average Bonchev–Trinajstić information content (AvgIpc) is 2.77. The maximum atomic E-state index is 11.7. The van der Waals surface area contributed by atoms with E-state index in [-0.39, 0.29) is 11.9 Å². The van der Waals surface area contributed by atoms with Crippen LogP contribution >= 0.6 is 0 Å². The second kappa shape index (κ2) is 6.45. The zero-order valence-electron chi connectivity index (χ0n) is 11.1. The first-order valence-electron chi connectivity index (χ1n) is 6.00. The molecule has 1 aromatic heterocycles. The fourth-order valence-corrected chi connectivity index (χ4v) is 1.78. The van der Waals surface area contributed by atoms with E-state index in [1.54, 1.807) is 25.3 Å². The van der Waals surface area contributed by atoms with Crippen LogP contribution in [0.5, 0.6) is 0 Å². The highest BCUT2D eigenvalue weighted by atomic mass is 16.3. The number of nitrogens with one attached hydrogen (secondary N) is 1. The van der Waals surface area contributed by atoms with Crippen molar-refractivity contribution in [3.8, 4) is 0 Å². The van der Waals surface area contributed by atoms with Gasteiger partial charge in [0.1, 0.15) is 5.76 Å². The Hall–Kier alpha value is -1.29. The van der Waals surface area contributed by atoms with Gasteiger partial charge in [-0.05, 0) is 32.4 Å². The first kappa shape index (κ1) is 13.8. The lowest BCUT2D eigenvalue weighted by Gasteiger charge is -2.22. The fourth-order valence-electron chi connectivity index (χ4n) is 1.78. The van der Waals surface area contributed by atoms with Gasteiger partial charge in [-0.25, -0.2) is 0 Å². The van der Waals surface area contributed by atoms with Crippen molar-refractivity contribution in [3.63, 3.8) is 0 Å². The Labute approximate surface area is 103 Å². The number of amides is 1. The standard InChI is InChI=1S/C13H22N2O2/c1-10(7-8-12-6-5-9-17-12)14-11(2)13(16)15(3)4/h5-6,9-11,14H,7-8H2,1-4H3. The van der Waals surface area contributed by atoms with Crippen LogP contribution in [0.4, 0.5) is 0 Å². The van der Waals surface area contributed by atoms with E-state index in [4.69, 9.17) is 4.42 Å². The van der Waals surface area contributed by atoms with Gasteiger partial charge in [0.25, 0.3) is 0 Å². The maximum Gasteiger partial charge on any atom is 0.238 e. The van der Waals surface area contributed by atoms with Gasteiger partial charge in [0.2, 0.25) is 5.91 Å². The predicted octanol–water partition coefficient (Wildman–Crippen LogP) is 1.67. The van der Waals surface area contributed by atoms with Crippen LogP contribution in [0.15, 0.2) is 22.8 Å². The number of carbonyl (C=O) groups is 1. The first-order chi connectivity index (χ1) is 8.00. The number of likely N-dealkylation sites (N-methyl/N-ethyl adjacent to an activating group) is 1. The van der Waals surface area contributed by atoms with Crippen LogP contribution in [0.3, 0.4) is 0 Å². The molecule has 17 heavy (non-hydrogen) atoms. The Morgan fingerprint density at radius 2 is 2.18 bits per heavy atom. The molecule has 0 aliphatic rings. The number of carbonyl (C=O) groups excluding carboxylic acids is 1. The van der Waals surface area contributed by atoms with Crippen molar-refractivity contribution in [2.24, 2.45) is 0 Å². The molecule has 1 aromatic rings. The molecule has 1 amide bonds. The lowest BCUT2D eigenvalue weighted by atomic mass is 10.1. The molecule has 1 rings (SSSR count). The molecule has 0 bridgehead atoms. The summed E-state index contributed by atoms with van der Waals surface area (Å²) in [6, 6.07) is 4.02. The number of rotatable bonds is 6. The van der Waals surface area contributed by atoms with E-state index < -0.39 is 0 Å². The quantitative estimate of drug-likeness (QED) is 0.820. The largest absolute Gasteiger partial charge is 0.469 e. The molecule has 2 unspecified atom stereocenters. The van der Waals surface area contributed by atoms with Gasteiger partial charge in [0.05, 0.1) is 12.3 Å². The van der Waals surface area contributed by atoms with E-state index in [0.717, 1.165) is 18.6 Å². The molecule has 0 aliphatic carbocycles. The molecule has 0 aliphatic heterocycles. The van der Waals surface area contributed by atoms with Crippen molar-refractivity contribution in [1.29, 1.82) is 0 Å². The van der Waals surface area contributed by atoms with Gasteiger partial charge in [-0.2, -0.15) is 0 Å². The van der Waals surface area contributed by atoms with E-state index in [0.29, 0.717) is 6.04 Å². The van der Waals surface area contributed by atoms with Gasteiger partial charge in [-0.15, -0.1) is 0 Å². The molecule has 96 valence electrons. The first-order valence-corrected chi connectivity index (χ1v) is 6.00. The lowest BCUT2D eigenvalue weighted by molar-refractivity contribution is -0.130. The van der Waals surface area contributed by atoms with Gasteiger partial charge < -0.3 is 14.6 Å². The highest BCUT2D eigenvalue weighted by Crippen LogP contribution is 2.06. The zero-order valence-corrected chi connectivity index (χ0v) is 11.1. The molecule has 0 spiro atoms. The Kier molecular flexibility index (Phi) is 5.22. The molecular weight excluding hydrogens is 216 g/mol. The van der Waals surface area contributed by atoms with Gasteiger partial charge >= 0.3 is 0 Å². The topological polar surface area (TPSA) is 45.5 Å². The van der Waals surface area contributed by atoms with Crippen LogP contribution in [0, 0.1) is 0 Å². The van der Waals surface area contributed by atoms with E-state index in [1.807, 2.05) is 19.1 Å². The van der Waals surface area contributed by atoms with Crippen molar-refractivity contribution in [3.05, 3.63) is 24.2 Å². The molecule has 4 heteroatoms. The third-order valence-electron chi connectivity index (χ3n) is 2.75. The highest BCUT2D eigenvalue weighted by Gasteiger charge is 2.16. The SMILES string of the molecule is CC(CCc1ccco1)NC(C)C(=O)N(C)C. The van der Waals surface area contributed by atoms with Crippen molar-refractivity contribution in [1.82, 2.24) is 10.2 Å². The van der Waals surface area contributed by atoms with Crippen molar-refractivity contribution >= 4 is 5.91 Å². The summed E-state index contributed by atoms with van der Waals surface area (Å²) >= 11 is 0. The molecule has 2 atom stereocenters. The summed E-state index contributed by atoms with van der Waals surface area (Å²) < 4.78 is 5.27. The third-order valence-corrected chi connectivity index (χ3v) is 2.75. The maximum absolute atomic E-state index is 11.7. The Morgan fingerprint density at radius 3 is 2.71 bits per heavy atom. The molecule has 0 fully saturated rings. The number of aryl methyl sites for hydroxylation is 1. The normalized spacial score (nSPS) is 14.4. The van der Waals surface area contributed by atoms with E-state index in [9.17, 15) is 4.79 Å². The fraction of sp³-hybridized carbons (Fsp3) is 0.615. The zero-order chi connectivity index (χ0) is 12.8. The molecule has 1 N–H and O–H groups in total. The number of hydrogen-bond acceptors (Lipinski definition) is 3. The summed E-state index contributed by atoms with van der Waals surface area (Å²) in [6.45, 7) is 3.98. The molecular formula is C13H22N2O2. The van der Waals surface area contributed by atoms with Crippen LogP contribution in [0.2, 0.25) is 0 Å². The Morgan fingerprint density at radius 1 is 1.47 bits per heavy atom. The van der Waals surface area contributed by atoms with Crippen molar-refractivity contribution < 1.29 is 9.21 Å². The number of nitrogens with zero attached hydrogens (tertiary/aromatic N) is 1. The van der Waals surface area contributed by atoms with Crippen LogP contribution < -0.4 is 5.32 Å². The molecule has 1 heterocycles. The summed E-state index contributed by atoms with van der Waals surface area (Å²) in [5.41, 5.74) is 0. The monoisotopic (exact) mass is 238 g/mol. The molecule has 0 aromatic carbocycles. The average molecular weight is 238 g/mol. The highest BCUT2D eigenvalue weighted by molar-refractivity contribution is 5.80. The van der Waals surface area contributed by atoms with E-state index in [2.05, 4.69) is 12.2 Å². The summed E-state index contributed by atoms with van der Waals surface area (Å²) in [6.07, 6.45) is 3.54. The van der Waals surface area contributed by atoms with Gasteiger partial charge in [-0.1, -0.05) is 0 Å². The van der Waals surface area contributed by atoms with Crippen LogP contribution in [0.25, 0.3) is 0 Å². The van der Waals surface area contributed by atoms with Gasteiger partial charge in [0.15, 0.2) is 0 Å². The van der Waals surface area contributed by atoms with Gasteiger partial charge in [0, 0.05) is 26.6 Å². The number of hydrogen-bond donors (Lipinski definition) is 1. The molecule has 0 saturated carbocycles. The van der Waals surface area contributed by atoms with E-state index in [1.165, 1.54) is 0 Å². The summed E-state index contributed by atoms with van der Waals surface area (Å²) in [4.78, 5) is 13.3. The summed E-state index contributed by atoms with van der Waals surface area (Å²) in [5, 5.41) is 3.29. The van der Waals surface area contributed by atoms with Crippen LogP contribution in [-0.2, 0) is 11.2 Å². The second-order valence-corrected chi connectivity index (χ2v) is 4.64. The Balaban J connectivity index is 2.29. The number of furan rings is 1. The van der Waals surface area contributed by atoms with Crippen LogP contribution in [-0.4, -0.2) is 37.0 Å². The van der Waals surface area contributed by atoms with Gasteiger partial charge in [-0.3, -0.25) is 4.79 Å². The van der Waals surface area contributed by atoms with Crippen LogP contribution in [0.1, 0.15) is 26.0 Å². The third kappa shape index (κ3) is 4.61. The Bertz CT molecular complexity index is 333.